The van der Waals surface area contributed by atoms with Gasteiger partial charge >= 0.3 is 0 Å². The Hall–Kier alpha value is -1.22. The summed E-state index contributed by atoms with van der Waals surface area (Å²) in [6.07, 6.45) is 1.84. The van der Waals surface area contributed by atoms with Crippen LogP contribution in [0.4, 0.5) is 5.69 Å². The summed E-state index contributed by atoms with van der Waals surface area (Å²) in [5.74, 6) is 0.294. The van der Waals surface area contributed by atoms with Crippen LogP contribution in [0.5, 0.6) is 0 Å². The number of hydrogen-bond acceptors (Lipinski definition) is 5. The Kier molecular flexibility index (Phi) is 7.15. The van der Waals surface area contributed by atoms with E-state index >= 15 is 0 Å². The summed E-state index contributed by atoms with van der Waals surface area (Å²) in [4.78, 5) is 10.6. The van der Waals surface area contributed by atoms with E-state index in [1.807, 2.05) is 7.05 Å². The van der Waals surface area contributed by atoms with Crippen molar-refractivity contribution in [1.29, 1.82) is 0 Å². The lowest BCUT2D eigenvalue weighted by Gasteiger charge is -2.32. The first-order valence-corrected chi connectivity index (χ1v) is 9.11. The first-order chi connectivity index (χ1) is 10.8. The maximum Gasteiger partial charge on any atom is 0.270 e. The smallest absolute Gasteiger partial charge is 0.270 e. The van der Waals surface area contributed by atoms with Crippen molar-refractivity contribution in [2.45, 2.75) is 31.6 Å². The molecule has 136 valence electrons. The van der Waals surface area contributed by atoms with Gasteiger partial charge in [-0.05, 0) is 57.3 Å². The van der Waals surface area contributed by atoms with Gasteiger partial charge in [0.05, 0.1) is 9.82 Å². The third-order valence-electron chi connectivity index (χ3n) is 4.23. The van der Waals surface area contributed by atoms with E-state index in [1.54, 1.807) is 13.8 Å². The predicted molar refractivity (Wildman–Crippen MR) is 95.2 cm³/mol. The fourth-order valence-corrected chi connectivity index (χ4v) is 5.24. The van der Waals surface area contributed by atoms with Crippen LogP contribution in [-0.4, -0.2) is 44.3 Å². The fourth-order valence-electron chi connectivity index (χ4n) is 3.27. The quantitative estimate of drug-likeness (QED) is 0.627. The number of nitrogens with one attached hydrogen (secondary N) is 1. The molecule has 1 heterocycles. The second-order valence-electron chi connectivity index (χ2n) is 6.09. The molecule has 1 saturated heterocycles. The van der Waals surface area contributed by atoms with Crippen LogP contribution in [-0.2, 0) is 10.0 Å². The van der Waals surface area contributed by atoms with Crippen LogP contribution in [0.25, 0.3) is 0 Å². The van der Waals surface area contributed by atoms with Gasteiger partial charge in [0, 0.05) is 25.2 Å². The Morgan fingerprint density at radius 3 is 2.42 bits per heavy atom. The van der Waals surface area contributed by atoms with Gasteiger partial charge in [-0.2, -0.15) is 4.31 Å². The molecule has 1 aromatic carbocycles. The van der Waals surface area contributed by atoms with Crippen molar-refractivity contribution in [3.63, 3.8) is 0 Å². The Labute approximate surface area is 149 Å². The van der Waals surface area contributed by atoms with Crippen molar-refractivity contribution in [2.24, 2.45) is 5.92 Å². The highest BCUT2D eigenvalue weighted by Crippen LogP contribution is 2.30. The highest BCUT2D eigenvalue weighted by atomic mass is 35.5. The van der Waals surface area contributed by atoms with Gasteiger partial charge in [0.25, 0.3) is 5.69 Å². The molecule has 1 fully saturated rings. The molecule has 1 aromatic rings. The number of piperidine rings is 1. The van der Waals surface area contributed by atoms with Crippen LogP contribution in [0.1, 0.15) is 24.0 Å². The Bertz CT molecular complexity index is 684. The zero-order chi connectivity index (χ0) is 17.2. The number of non-ortho nitro benzene ring substituents is 1. The van der Waals surface area contributed by atoms with Crippen molar-refractivity contribution in [2.75, 3.05) is 26.7 Å². The van der Waals surface area contributed by atoms with E-state index in [4.69, 9.17) is 0 Å². The molecule has 0 amide bonds. The summed E-state index contributed by atoms with van der Waals surface area (Å²) >= 11 is 0. The maximum atomic E-state index is 13.0. The highest BCUT2D eigenvalue weighted by Gasteiger charge is 2.32. The number of halogens is 1. The minimum absolute atomic E-state index is 0. The van der Waals surface area contributed by atoms with Crippen LogP contribution in [0, 0.1) is 29.9 Å². The summed E-state index contributed by atoms with van der Waals surface area (Å²) in [7, 11) is -1.77. The zero-order valence-corrected chi connectivity index (χ0v) is 15.7. The second kappa shape index (κ2) is 8.24. The summed E-state index contributed by atoms with van der Waals surface area (Å²) in [6.45, 7) is 4.99. The van der Waals surface area contributed by atoms with E-state index in [9.17, 15) is 18.5 Å². The van der Waals surface area contributed by atoms with Gasteiger partial charge in [0.1, 0.15) is 0 Å². The van der Waals surface area contributed by atoms with E-state index in [0.717, 1.165) is 19.4 Å². The van der Waals surface area contributed by atoms with Crippen LogP contribution in [0.15, 0.2) is 17.0 Å². The van der Waals surface area contributed by atoms with E-state index in [0.29, 0.717) is 30.1 Å². The van der Waals surface area contributed by atoms with E-state index < -0.39 is 14.9 Å². The number of benzene rings is 1. The second-order valence-corrected chi connectivity index (χ2v) is 7.97. The van der Waals surface area contributed by atoms with Crippen molar-refractivity contribution in [3.05, 3.63) is 33.4 Å². The lowest BCUT2D eigenvalue weighted by molar-refractivity contribution is -0.385. The zero-order valence-electron chi connectivity index (χ0n) is 14.1. The van der Waals surface area contributed by atoms with Crippen LogP contribution in [0.2, 0.25) is 0 Å². The van der Waals surface area contributed by atoms with Crippen LogP contribution < -0.4 is 5.32 Å². The number of nitro benzene ring substituents is 1. The Morgan fingerprint density at radius 2 is 1.92 bits per heavy atom. The Balaban J connectivity index is 0.00000288. The summed E-state index contributed by atoms with van der Waals surface area (Å²) in [5.41, 5.74) is 0.769. The van der Waals surface area contributed by atoms with Gasteiger partial charge < -0.3 is 5.32 Å². The molecule has 24 heavy (non-hydrogen) atoms. The number of nitrogens with zero attached hydrogens (tertiary/aromatic N) is 2. The third kappa shape index (κ3) is 4.24. The van der Waals surface area contributed by atoms with Crippen LogP contribution in [0.3, 0.4) is 0 Å². The average Bonchev–Trinajstić information content (AvgIpc) is 2.46. The molecular weight excluding hydrogens is 354 g/mol. The largest absolute Gasteiger partial charge is 0.319 e. The van der Waals surface area contributed by atoms with Gasteiger partial charge in [-0.3, -0.25) is 10.1 Å². The predicted octanol–water partition coefficient (Wildman–Crippen LogP) is 2.25. The molecule has 1 unspecified atom stereocenters. The van der Waals surface area contributed by atoms with Gasteiger partial charge in [-0.25, -0.2) is 8.42 Å². The molecule has 9 heteroatoms. The summed E-state index contributed by atoms with van der Waals surface area (Å²) < 4.78 is 27.5. The molecule has 0 aliphatic carbocycles. The lowest BCUT2D eigenvalue weighted by atomic mass is 10.00. The van der Waals surface area contributed by atoms with E-state index in [-0.39, 0.29) is 23.0 Å². The minimum Gasteiger partial charge on any atom is -0.319 e. The number of nitro groups is 1. The normalized spacial score (nSPS) is 18.9. The fraction of sp³-hybridized carbons (Fsp3) is 0.600. The first kappa shape index (κ1) is 20.8. The van der Waals surface area contributed by atoms with Gasteiger partial charge in [-0.15, -0.1) is 12.4 Å². The number of aryl methyl sites for hydroxylation is 2. The monoisotopic (exact) mass is 377 g/mol. The summed E-state index contributed by atoms with van der Waals surface area (Å²) in [6, 6.07) is 2.66. The van der Waals surface area contributed by atoms with Gasteiger partial charge in [0.2, 0.25) is 10.0 Å². The molecule has 1 aliphatic rings. The highest BCUT2D eigenvalue weighted by molar-refractivity contribution is 7.89. The van der Waals surface area contributed by atoms with Crippen molar-refractivity contribution < 1.29 is 13.3 Å². The number of hydrogen-bond donors (Lipinski definition) is 1. The molecule has 7 nitrogen and oxygen atoms in total. The molecule has 0 bridgehead atoms. The number of sulfonamides is 1. The standard InChI is InChI=1S/C15H23N3O4S.ClH/c1-11-7-14(18(19)20)8-12(2)15(11)23(21,22)17-6-4-5-13(10-17)9-16-3;/h7-8,13,16H,4-6,9-10H2,1-3H3;1H. The molecule has 0 radical (unpaired) electrons. The topological polar surface area (TPSA) is 92.6 Å². The molecule has 0 saturated carbocycles. The molecule has 2 rings (SSSR count). The molecule has 1 atom stereocenters. The van der Waals surface area contributed by atoms with E-state index in [1.165, 1.54) is 16.4 Å². The van der Waals surface area contributed by atoms with Gasteiger partial charge in [0.15, 0.2) is 0 Å². The molecule has 1 aliphatic heterocycles. The maximum absolute atomic E-state index is 13.0. The molecule has 0 aromatic heterocycles. The molecular formula is C15H24ClN3O4S. The molecule has 1 N–H and O–H groups in total. The van der Waals surface area contributed by atoms with E-state index in [2.05, 4.69) is 5.32 Å². The van der Waals surface area contributed by atoms with Crippen molar-refractivity contribution >= 4 is 28.1 Å². The van der Waals surface area contributed by atoms with Crippen LogP contribution >= 0.6 is 12.4 Å². The SMILES string of the molecule is CNCC1CCCN(S(=O)(=O)c2c(C)cc([N+](=O)[O-])cc2C)C1.Cl. The summed E-state index contributed by atoms with van der Waals surface area (Å²) in [5, 5.41) is 14.0. The number of rotatable bonds is 5. The lowest BCUT2D eigenvalue weighted by Crippen LogP contribution is -2.42. The third-order valence-corrected chi connectivity index (χ3v) is 6.40. The van der Waals surface area contributed by atoms with Gasteiger partial charge in [-0.1, -0.05) is 0 Å². The molecule has 0 spiro atoms. The Morgan fingerprint density at radius 1 is 1.33 bits per heavy atom. The average molecular weight is 378 g/mol. The minimum atomic E-state index is -3.63. The first-order valence-electron chi connectivity index (χ1n) is 7.67. The van der Waals surface area contributed by atoms with Crippen molar-refractivity contribution in [3.8, 4) is 0 Å². The van der Waals surface area contributed by atoms with Crippen molar-refractivity contribution in [1.82, 2.24) is 9.62 Å².